The predicted octanol–water partition coefficient (Wildman–Crippen LogP) is 2.34. The molecule has 220 valence electrons. The molecule has 0 bridgehead atoms. The maximum absolute atomic E-state index is 14.1. The van der Waals surface area contributed by atoms with Crippen LogP contribution >= 0.6 is 0 Å². The van der Waals surface area contributed by atoms with Crippen LogP contribution in [0.2, 0.25) is 0 Å². The quantitative estimate of drug-likeness (QED) is 0.398. The van der Waals surface area contributed by atoms with Gasteiger partial charge in [-0.15, -0.1) is 0 Å². The molecule has 42 heavy (non-hydrogen) atoms. The molecular weight excluding hydrogens is 536 g/mol. The number of nitrogens with zero attached hydrogens (tertiary/aromatic N) is 5. The highest BCUT2D eigenvalue weighted by Gasteiger charge is 2.50. The van der Waals surface area contributed by atoms with E-state index in [-0.39, 0.29) is 55.4 Å². The Kier molecular flexibility index (Phi) is 8.21. The number of urea groups is 1. The van der Waals surface area contributed by atoms with Gasteiger partial charge in [-0.3, -0.25) is 9.59 Å². The second-order valence-electron chi connectivity index (χ2n) is 10.9. The zero-order valence-electron chi connectivity index (χ0n) is 24.0. The van der Waals surface area contributed by atoms with Gasteiger partial charge < -0.3 is 30.2 Å². The number of phenolic OH excluding ortho intramolecular Hbond substituents is 2. The number of hydrazine groups is 1. The second kappa shape index (κ2) is 12.0. The zero-order valence-corrected chi connectivity index (χ0v) is 24.0. The Morgan fingerprint density at radius 1 is 0.952 bits per heavy atom. The number of amides is 4. The molecule has 0 spiro atoms. The number of para-hydroxylation sites is 1. The van der Waals surface area contributed by atoms with E-state index < -0.39 is 12.2 Å². The van der Waals surface area contributed by atoms with Gasteiger partial charge in [0.15, 0.2) is 0 Å². The van der Waals surface area contributed by atoms with Crippen LogP contribution in [0.3, 0.4) is 0 Å². The Morgan fingerprint density at radius 3 is 2.36 bits per heavy atom. The number of hydrogen-bond acceptors (Lipinski definition) is 7. The first-order chi connectivity index (χ1) is 20.1. The van der Waals surface area contributed by atoms with Crippen LogP contribution in [0.4, 0.5) is 10.5 Å². The van der Waals surface area contributed by atoms with Crippen LogP contribution in [0.15, 0.2) is 72.8 Å². The Morgan fingerprint density at radius 2 is 1.67 bits per heavy atom. The summed E-state index contributed by atoms with van der Waals surface area (Å²) in [5, 5.41) is 26.4. The molecule has 3 aromatic rings. The molecule has 11 heteroatoms. The van der Waals surface area contributed by atoms with Gasteiger partial charge in [-0.2, -0.15) is 0 Å². The van der Waals surface area contributed by atoms with Crippen LogP contribution in [0, 0.1) is 0 Å². The average Bonchev–Trinajstić information content (AvgIpc) is 2.95. The van der Waals surface area contributed by atoms with Gasteiger partial charge in [0, 0.05) is 40.7 Å². The molecule has 2 fully saturated rings. The van der Waals surface area contributed by atoms with Crippen LogP contribution < -0.4 is 10.2 Å². The van der Waals surface area contributed by atoms with Crippen molar-refractivity contribution < 1.29 is 24.6 Å². The predicted molar refractivity (Wildman–Crippen MR) is 157 cm³/mol. The summed E-state index contributed by atoms with van der Waals surface area (Å²) < 4.78 is 0. The summed E-state index contributed by atoms with van der Waals surface area (Å²) >= 11 is 0. The molecule has 2 heterocycles. The molecule has 2 aliphatic heterocycles. The maximum atomic E-state index is 14.1. The first kappa shape index (κ1) is 28.7. The number of phenols is 2. The van der Waals surface area contributed by atoms with Gasteiger partial charge in [0.2, 0.25) is 11.8 Å². The molecule has 0 saturated carbocycles. The number of anilines is 1. The minimum atomic E-state index is -0.876. The van der Waals surface area contributed by atoms with E-state index in [0.717, 1.165) is 16.7 Å². The topological polar surface area (TPSA) is 120 Å². The van der Waals surface area contributed by atoms with Crippen LogP contribution in [-0.4, -0.2) is 94.3 Å². The number of rotatable bonds is 7. The molecule has 2 atom stereocenters. The number of carbonyl (C=O) groups excluding carboxylic acids is 3. The van der Waals surface area contributed by atoms with Crippen LogP contribution in [0.1, 0.15) is 16.7 Å². The van der Waals surface area contributed by atoms with E-state index in [1.165, 1.54) is 9.91 Å². The normalized spacial score (nSPS) is 19.1. The summed E-state index contributed by atoms with van der Waals surface area (Å²) in [6.45, 7) is 0.502. The molecule has 0 aromatic heterocycles. The first-order valence-electron chi connectivity index (χ1n) is 13.8. The maximum Gasteiger partial charge on any atom is 0.334 e. The highest BCUT2D eigenvalue weighted by Crippen LogP contribution is 2.33. The fourth-order valence-corrected chi connectivity index (χ4v) is 5.78. The second-order valence-corrected chi connectivity index (χ2v) is 10.9. The van der Waals surface area contributed by atoms with Gasteiger partial charge in [0.05, 0.1) is 18.8 Å². The Bertz CT molecular complexity index is 1450. The van der Waals surface area contributed by atoms with E-state index in [2.05, 4.69) is 5.32 Å². The lowest BCUT2D eigenvalue weighted by molar-refractivity contribution is -0.187. The zero-order chi connectivity index (χ0) is 30.0. The molecular formula is C31H36N6O5. The van der Waals surface area contributed by atoms with Crippen LogP contribution in [-0.2, 0) is 29.1 Å². The number of likely N-dealkylation sites (N-methyl/N-ethyl adjacent to an activating group) is 1. The Balaban J connectivity index is 1.49. The number of piperazine rings is 1. The van der Waals surface area contributed by atoms with Crippen molar-refractivity contribution in [2.45, 2.75) is 31.7 Å². The largest absolute Gasteiger partial charge is 0.508 e. The van der Waals surface area contributed by atoms with E-state index >= 15 is 0 Å². The summed E-state index contributed by atoms with van der Waals surface area (Å²) in [5.41, 5.74) is 3.03. The van der Waals surface area contributed by atoms with Gasteiger partial charge in [-0.05, 0) is 34.9 Å². The molecule has 2 saturated heterocycles. The Labute approximate surface area is 245 Å². The first-order valence-corrected chi connectivity index (χ1v) is 13.8. The number of fused-ring (bicyclic) bond motifs is 1. The van der Waals surface area contributed by atoms with E-state index in [9.17, 15) is 24.6 Å². The highest BCUT2D eigenvalue weighted by molar-refractivity contribution is 5.91. The fraction of sp³-hybridized carbons (Fsp3) is 0.323. The van der Waals surface area contributed by atoms with E-state index in [0.29, 0.717) is 12.2 Å². The van der Waals surface area contributed by atoms with Gasteiger partial charge in [0.25, 0.3) is 0 Å². The monoisotopic (exact) mass is 572 g/mol. The van der Waals surface area contributed by atoms with Crippen molar-refractivity contribution in [3.8, 4) is 11.5 Å². The lowest BCUT2D eigenvalue weighted by Crippen LogP contribution is -2.76. The third kappa shape index (κ3) is 5.82. The lowest BCUT2D eigenvalue weighted by Gasteiger charge is -2.54. The van der Waals surface area contributed by atoms with Crippen molar-refractivity contribution in [3.63, 3.8) is 0 Å². The fourth-order valence-electron chi connectivity index (χ4n) is 5.78. The standard InChI is InChI=1S/C31H36N6O5/c1-33(2)29-23(10-7-11-26(29)39)18-35-19-27-36(25(30(35)41)16-21-12-14-24(38)15-13-21)28(40)20-34(3)37(27)31(42)32-17-22-8-5-4-6-9-22/h4-15,25,27,38-39H,16-20H2,1-3H3,(H,32,42). The van der Waals surface area contributed by atoms with E-state index in [4.69, 9.17) is 0 Å². The van der Waals surface area contributed by atoms with E-state index in [1.54, 1.807) is 58.3 Å². The van der Waals surface area contributed by atoms with Crippen molar-refractivity contribution in [2.75, 3.05) is 39.1 Å². The Hall–Kier alpha value is -4.77. The van der Waals surface area contributed by atoms with Gasteiger partial charge in [0.1, 0.15) is 23.7 Å². The summed E-state index contributed by atoms with van der Waals surface area (Å²) in [6, 6.07) is 20.0. The third-order valence-electron chi connectivity index (χ3n) is 7.71. The molecule has 0 aliphatic carbocycles. The SMILES string of the molecule is CN(C)c1c(O)cccc1CN1CC2N(C(=O)CN(C)N2C(=O)NCc2ccccc2)C(Cc2ccc(O)cc2)C1=O. The number of hydrogen-bond donors (Lipinski definition) is 3. The van der Waals surface area contributed by atoms with Crippen LogP contribution in [0.5, 0.6) is 11.5 Å². The number of carbonyl (C=O) groups is 3. The van der Waals surface area contributed by atoms with Crippen molar-refractivity contribution in [1.82, 2.24) is 25.1 Å². The van der Waals surface area contributed by atoms with E-state index in [1.807, 2.05) is 50.5 Å². The third-order valence-corrected chi connectivity index (χ3v) is 7.71. The summed E-state index contributed by atoms with van der Waals surface area (Å²) in [6.07, 6.45) is -0.548. The molecule has 11 nitrogen and oxygen atoms in total. The minimum absolute atomic E-state index is 0.0635. The molecule has 3 N–H and O–H groups in total. The molecule has 5 rings (SSSR count). The molecule has 4 amide bonds. The highest BCUT2D eigenvalue weighted by atomic mass is 16.3. The van der Waals surface area contributed by atoms with Gasteiger partial charge in [-0.1, -0.05) is 54.6 Å². The average molecular weight is 573 g/mol. The van der Waals surface area contributed by atoms with Gasteiger partial charge in [-0.25, -0.2) is 14.8 Å². The molecule has 2 unspecified atom stereocenters. The number of aromatic hydroxyl groups is 2. The summed E-state index contributed by atoms with van der Waals surface area (Å²) in [7, 11) is 5.32. The van der Waals surface area contributed by atoms with Crippen molar-refractivity contribution >= 4 is 23.5 Å². The molecule has 0 radical (unpaired) electrons. The number of nitrogens with one attached hydrogen (secondary N) is 1. The van der Waals surface area contributed by atoms with Crippen molar-refractivity contribution in [3.05, 3.63) is 89.5 Å². The lowest BCUT2D eigenvalue weighted by atomic mass is 9.98. The number of benzene rings is 3. The van der Waals surface area contributed by atoms with Crippen molar-refractivity contribution in [1.29, 1.82) is 0 Å². The summed E-state index contributed by atoms with van der Waals surface area (Å²) in [4.78, 5) is 46.2. The van der Waals surface area contributed by atoms with Crippen LogP contribution in [0.25, 0.3) is 0 Å². The van der Waals surface area contributed by atoms with Gasteiger partial charge >= 0.3 is 6.03 Å². The molecule has 3 aromatic carbocycles. The summed E-state index contributed by atoms with van der Waals surface area (Å²) in [5.74, 6) is -0.309. The molecule has 2 aliphatic rings. The van der Waals surface area contributed by atoms with Crippen molar-refractivity contribution in [2.24, 2.45) is 0 Å². The minimum Gasteiger partial charge on any atom is -0.508 e. The smallest absolute Gasteiger partial charge is 0.334 e.